The first kappa shape index (κ1) is 16.9. The van der Waals surface area contributed by atoms with Crippen molar-refractivity contribution in [1.82, 2.24) is 20.4 Å². The van der Waals surface area contributed by atoms with Crippen LogP contribution in [0.3, 0.4) is 0 Å². The van der Waals surface area contributed by atoms with E-state index in [0.717, 1.165) is 31.5 Å². The first-order chi connectivity index (χ1) is 12.8. The SMILES string of the molecule is O=C(CCc1nc(-c2ccoc2)no1)Nc1ncc(C2CCNCC2)s1. The summed E-state index contributed by atoms with van der Waals surface area (Å²) in [5, 5.41) is 10.7. The molecular weight excluding hydrogens is 354 g/mol. The molecule has 0 radical (unpaired) electrons. The van der Waals surface area contributed by atoms with Gasteiger partial charge in [0.2, 0.25) is 17.6 Å². The number of nitrogens with one attached hydrogen (secondary N) is 2. The summed E-state index contributed by atoms with van der Waals surface area (Å²) in [7, 11) is 0. The van der Waals surface area contributed by atoms with E-state index < -0.39 is 0 Å². The van der Waals surface area contributed by atoms with Gasteiger partial charge < -0.3 is 19.6 Å². The van der Waals surface area contributed by atoms with Crippen molar-refractivity contribution < 1.29 is 13.7 Å². The molecule has 1 fully saturated rings. The number of thiazole rings is 1. The molecule has 1 saturated heterocycles. The van der Waals surface area contributed by atoms with E-state index in [4.69, 9.17) is 8.94 Å². The summed E-state index contributed by atoms with van der Waals surface area (Å²) >= 11 is 1.56. The summed E-state index contributed by atoms with van der Waals surface area (Å²) in [6.07, 6.45) is 7.84. The van der Waals surface area contributed by atoms with Gasteiger partial charge in [0, 0.05) is 23.9 Å². The lowest BCUT2D eigenvalue weighted by atomic mass is 9.97. The van der Waals surface area contributed by atoms with Crippen LogP contribution in [0.4, 0.5) is 5.13 Å². The van der Waals surface area contributed by atoms with Crippen LogP contribution in [0.1, 0.15) is 35.9 Å². The fourth-order valence-electron chi connectivity index (χ4n) is 2.91. The van der Waals surface area contributed by atoms with Gasteiger partial charge in [-0.2, -0.15) is 4.98 Å². The van der Waals surface area contributed by atoms with Crippen LogP contribution >= 0.6 is 11.3 Å². The van der Waals surface area contributed by atoms with E-state index in [9.17, 15) is 4.79 Å². The molecule has 136 valence electrons. The molecule has 0 spiro atoms. The molecule has 1 amide bonds. The molecular formula is C17H19N5O3S. The summed E-state index contributed by atoms with van der Waals surface area (Å²) in [5.41, 5.74) is 0.748. The van der Waals surface area contributed by atoms with E-state index in [-0.39, 0.29) is 12.3 Å². The summed E-state index contributed by atoms with van der Waals surface area (Å²) in [5.74, 6) is 1.31. The minimum absolute atomic E-state index is 0.112. The fraction of sp³-hybridized carbons (Fsp3) is 0.412. The number of amides is 1. The third kappa shape index (κ3) is 4.00. The Bertz CT molecular complexity index is 852. The average molecular weight is 373 g/mol. The number of hydrogen-bond acceptors (Lipinski definition) is 8. The topological polar surface area (TPSA) is 106 Å². The van der Waals surface area contributed by atoms with Crippen molar-refractivity contribution in [2.45, 2.75) is 31.6 Å². The number of piperidine rings is 1. The van der Waals surface area contributed by atoms with Crippen molar-refractivity contribution in [3.63, 3.8) is 0 Å². The Morgan fingerprint density at radius 2 is 2.27 bits per heavy atom. The van der Waals surface area contributed by atoms with E-state index in [2.05, 4.69) is 25.8 Å². The Morgan fingerprint density at radius 1 is 1.38 bits per heavy atom. The molecule has 8 nitrogen and oxygen atoms in total. The number of anilines is 1. The van der Waals surface area contributed by atoms with Crippen LogP contribution in [0.25, 0.3) is 11.4 Å². The number of hydrogen-bond donors (Lipinski definition) is 2. The third-order valence-corrected chi connectivity index (χ3v) is 5.40. The first-order valence-corrected chi connectivity index (χ1v) is 9.41. The highest BCUT2D eigenvalue weighted by atomic mass is 32.1. The van der Waals surface area contributed by atoms with Gasteiger partial charge >= 0.3 is 0 Å². The van der Waals surface area contributed by atoms with Crippen LogP contribution in [0, 0.1) is 0 Å². The smallest absolute Gasteiger partial charge is 0.227 e. The zero-order valence-electron chi connectivity index (χ0n) is 14.1. The highest BCUT2D eigenvalue weighted by Crippen LogP contribution is 2.31. The Kier molecular flexibility index (Phi) is 5.07. The standard InChI is InChI=1S/C17H19N5O3S/c23-14(1-2-15-21-16(22-25-15)12-5-8-24-10-12)20-17-19-9-13(26-17)11-3-6-18-7-4-11/h5,8-11,18H,1-4,6-7H2,(H,19,20,23). The maximum atomic E-state index is 12.1. The van der Waals surface area contributed by atoms with Gasteiger partial charge in [-0.25, -0.2) is 4.98 Å². The van der Waals surface area contributed by atoms with Crippen LogP contribution in [-0.2, 0) is 11.2 Å². The number of nitrogens with zero attached hydrogens (tertiary/aromatic N) is 3. The summed E-state index contributed by atoms with van der Waals surface area (Å²) in [4.78, 5) is 22.0. The molecule has 0 bridgehead atoms. The van der Waals surface area contributed by atoms with E-state index in [1.54, 1.807) is 29.9 Å². The second-order valence-electron chi connectivity index (χ2n) is 6.16. The second-order valence-corrected chi connectivity index (χ2v) is 7.23. The van der Waals surface area contributed by atoms with Gasteiger partial charge in [-0.05, 0) is 37.9 Å². The van der Waals surface area contributed by atoms with Gasteiger partial charge in [0.15, 0.2) is 5.13 Å². The minimum atomic E-state index is -0.112. The molecule has 3 aromatic heterocycles. The molecule has 0 atom stereocenters. The molecule has 9 heteroatoms. The number of carbonyl (C=O) groups is 1. The van der Waals surface area contributed by atoms with Gasteiger partial charge in [-0.1, -0.05) is 5.16 Å². The maximum Gasteiger partial charge on any atom is 0.227 e. The summed E-state index contributed by atoms with van der Waals surface area (Å²) in [6, 6.07) is 1.75. The van der Waals surface area contributed by atoms with Gasteiger partial charge in [-0.15, -0.1) is 11.3 Å². The molecule has 2 N–H and O–H groups in total. The molecule has 0 aromatic carbocycles. The minimum Gasteiger partial charge on any atom is -0.472 e. The van der Waals surface area contributed by atoms with Crippen molar-refractivity contribution in [2.24, 2.45) is 0 Å². The first-order valence-electron chi connectivity index (χ1n) is 8.59. The molecule has 26 heavy (non-hydrogen) atoms. The molecule has 4 rings (SSSR count). The largest absolute Gasteiger partial charge is 0.472 e. The molecule has 4 heterocycles. The number of carbonyl (C=O) groups excluding carboxylic acids is 1. The van der Waals surface area contributed by atoms with Crippen LogP contribution in [0.2, 0.25) is 0 Å². The van der Waals surface area contributed by atoms with E-state index in [1.807, 2.05) is 6.20 Å². The number of aryl methyl sites for hydroxylation is 1. The Hall–Kier alpha value is -2.52. The van der Waals surface area contributed by atoms with Crippen molar-refractivity contribution in [3.05, 3.63) is 35.6 Å². The van der Waals surface area contributed by atoms with Crippen molar-refractivity contribution in [1.29, 1.82) is 0 Å². The zero-order chi connectivity index (χ0) is 17.8. The lowest BCUT2D eigenvalue weighted by Crippen LogP contribution is -2.26. The molecule has 0 saturated carbocycles. The van der Waals surface area contributed by atoms with Gasteiger partial charge in [0.05, 0.1) is 11.8 Å². The number of rotatable bonds is 6. The molecule has 1 aliphatic rings. The quantitative estimate of drug-likeness (QED) is 0.684. The lowest BCUT2D eigenvalue weighted by molar-refractivity contribution is -0.116. The van der Waals surface area contributed by atoms with Gasteiger partial charge in [0.25, 0.3) is 0 Å². The Labute approximate surface area is 154 Å². The Morgan fingerprint density at radius 3 is 3.08 bits per heavy atom. The Balaban J connectivity index is 1.28. The molecule has 0 unspecified atom stereocenters. The molecule has 3 aromatic rings. The van der Waals surface area contributed by atoms with E-state index in [1.165, 1.54) is 4.88 Å². The lowest BCUT2D eigenvalue weighted by Gasteiger charge is -2.20. The predicted molar refractivity (Wildman–Crippen MR) is 95.9 cm³/mol. The normalized spacial score (nSPS) is 15.2. The van der Waals surface area contributed by atoms with Crippen LogP contribution in [0.15, 0.2) is 33.7 Å². The number of aromatic nitrogens is 3. The van der Waals surface area contributed by atoms with E-state index in [0.29, 0.717) is 29.2 Å². The third-order valence-electron chi connectivity index (χ3n) is 4.32. The fourth-order valence-corrected chi connectivity index (χ4v) is 3.91. The highest BCUT2D eigenvalue weighted by Gasteiger charge is 2.18. The monoisotopic (exact) mass is 373 g/mol. The maximum absolute atomic E-state index is 12.1. The summed E-state index contributed by atoms with van der Waals surface area (Å²) in [6.45, 7) is 2.07. The van der Waals surface area contributed by atoms with Crippen LogP contribution < -0.4 is 10.6 Å². The zero-order valence-corrected chi connectivity index (χ0v) is 14.9. The van der Waals surface area contributed by atoms with Crippen molar-refractivity contribution in [3.8, 4) is 11.4 Å². The van der Waals surface area contributed by atoms with Crippen molar-refractivity contribution in [2.75, 3.05) is 18.4 Å². The summed E-state index contributed by atoms with van der Waals surface area (Å²) < 4.78 is 10.2. The molecule has 1 aliphatic heterocycles. The van der Waals surface area contributed by atoms with E-state index >= 15 is 0 Å². The van der Waals surface area contributed by atoms with Crippen LogP contribution in [-0.4, -0.2) is 34.1 Å². The highest BCUT2D eigenvalue weighted by molar-refractivity contribution is 7.15. The van der Waals surface area contributed by atoms with Gasteiger partial charge in [0.1, 0.15) is 6.26 Å². The average Bonchev–Trinajstić information content (AvgIpc) is 3.41. The predicted octanol–water partition coefficient (Wildman–Crippen LogP) is 2.82. The second kappa shape index (κ2) is 7.79. The van der Waals surface area contributed by atoms with Crippen molar-refractivity contribution >= 4 is 22.4 Å². The van der Waals surface area contributed by atoms with Gasteiger partial charge in [-0.3, -0.25) is 4.79 Å². The van der Waals surface area contributed by atoms with Crippen LogP contribution in [0.5, 0.6) is 0 Å². The molecule has 0 aliphatic carbocycles. The number of furan rings is 1.